The number of sulfonamides is 1. The van der Waals surface area contributed by atoms with Gasteiger partial charge in [-0.25, -0.2) is 8.42 Å². The third-order valence-electron chi connectivity index (χ3n) is 3.31. The molecule has 0 saturated heterocycles. The van der Waals surface area contributed by atoms with E-state index in [1.54, 1.807) is 6.07 Å². The molecule has 0 saturated carbocycles. The van der Waals surface area contributed by atoms with Crippen molar-refractivity contribution in [2.24, 2.45) is 0 Å². The van der Waals surface area contributed by atoms with Crippen molar-refractivity contribution in [3.05, 3.63) is 57.1 Å². The van der Waals surface area contributed by atoms with Crippen molar-refractivity contribution in [2.45, 2.75) is 32.6 Å². The zero-order chi connectivity index (χ0) is 15.8. The van der Waals surface area contributed by atoms with Gasteiger partial charge in [0, 0.05) is 4.47 Å². The van der Waals surface area contributed by atoms with Crippen molar-refractivity contribution in [1.29, 1.82) is 0 Å². The summed E-state index contributed by atoms with van der Waals surface area (Å²) < 4.78 is 28.9. The summed E-state index contributed by atoms with van der Waals surface area (Å²) in [7, 11) is -3.59. The number of aryl methyl sites for hydroxylation is 4. The Labute approximate surface area is 134 Å². The third kappa shape index (κ3) is 3.47. The molecule has 112 valence electrons. The van der Waals surface area contributed by atoms with Gasteiger partial charge in [0.15, 0.2) is 0 Å². The molecule has 1 N–H and O–H groups in total. The summed E-state index contributed by atoms with van der Waals surface area (Å²) in [5.74, 6) is 0. The van der Waals surface area contributed by atoms with Crippen LogP contribution in [0.25, 0.3) is 0 Å². The number of rotatable bonds is 3. The van der Waals surface area contributed by atoms with Crippen LogP contribution >= 0.6 is 15.9 Å². The monoisotopic (exact) mass is 367 g/mol. The van der Waals surface area contributed by atoms with E-state index in [-0.39, 0.29) is 0 Å². The van der Waals surface area contributed by atoms with E-state index >= 15 is 0 Å². The molecule has 0 aliphatic rings. The number of hydrogen-bond acceptors (Lipinski definition) is 2. The van der Waals surface area contributed by atoms with E-state index in [0.717, 1.165) is 26.7 Å². The second-order valence-electron chi connectivity index (χ2n) is 5.29. The highest BCUT2D eigenvalue weighted by atomic mass is 79.9. The Morgan fingerprint density at radius 1 is 0.905 bits per heavy atom. The van der Waals surface area contributed by atoms with Gasteiger partial charge in [0.05, 0.1) is 10.6 Å². The van der Waals surface area contributed by atoms with Crippen LogP contribution in [-0.2, 0) is 10.0 Å². The summed E-state index contributed by atoms with van der Waals surface area (Å²) in [5.41, 5.74) is 4.04. The summed E-state index contributed by atoms with van der Waals surface area (Å²) in [4.78, 5) is 0.357. The first-order chi connectivity index (χ1) is 9.70. The van der Waals surface area contributed by atoms with E-state index in [1.807, 2.05) is 52.0 Å². The SMILES string of the molecule is Cc1cc(C)c(S(=O)(=O)Nc2ccc(Br)cc2C)c(C)c1. The molecule has 2 aromatic carbocycles. The molecule has 21 heavy (non-hydrogen) atoms. The predicted octanol–water partition coefficient (Wildman–Crippen LogP) is 4.48. The Bertz CT molecular complexity index is 775. The lowest BCUT2D eigenvalue weighted by Gasteiger charge is -2.15. The van der Waals surface area contributed by atoms with Gasteiger partial charge < -0.3 is 0 Å². The standard InChI is InChI=1S/C16H18BrNO2S/c1-10-7-12(3)16(13(4)8-10)21(19,20)18-15-6-5-14(17)9-11(15)2/h5-9,18H,1-4H3. The van der Waals surface area contributed by atoms with Crippen molar-refractivity contribution >= 4 is 31.6 Å². The quantitative estimate of drug-likeness (QED) is 0.868. The number of anilines is 1. The fraction of sp³-hybridized carbons (Fsp3) is 0.250. The molecule has 5 heteroatoms. The molecule has 0 radical (unpaired) electrons. The molecule has 2 aromatic rings. The smallest absolute Gasteiger partial charge is 0.262 e. The minimum absolute atomic E-state index is 0.357. The first kappa shape index (κ1) is 16.0. The zero-order valence-corrected chi connectivity index (χ0v) is 14.9. The number of halogens is 1. The van der Waals surface area contributed by atoms with Crippen LogP contribution in [0.4, 0.5) is 5.69 Å². The molecule has 0 unspecified atom stereocenters. The van der Waals surface area contributed by atoms with Crippen molar-refractivity contribution in [3.63, 3.8) is 0 Å². The highest BCUT2D eigenvalue weighted by molar-refractivity contribution is 9.10. The lowest BCUT2D eigenvalue weighted by Crippen LogP contribution is -2.16. The molecule has 0 aliphatic carbocycles. The summed E-state index contributed by atoms with van der Waals surface area (Å²) in [5, 5.41) is 0. The van der Waals surface area contributed by atoms with Gasteiger partial charge in [-0.15, -0.1) is 0 Å². The van der Waals surface area contributed by atoms with Crippen LogP contribution in [0.3, 0.4) is 0 Å². The van der Waals surface area contributed by atoms with Crippen LogP contribution in [0.2, 0.25) is 0 Å². The maximum Gasteiger partial charge on any atom is 0.262 e. The van der Waals surface area contributed by atoms with Gasteiger partial charge in [-0.3, -0.25) is 4.72 Å². The van der Waals surface area contributed by atoms with Crippen LogP contribution in [0.1, 0.15) is 22.3 Å². The third-order valence-corrected chi connectivity index (χ3v) is 5.47. The molecule has 0 heterocycles. The second-order valence-corrected chi connectivity index (χ2v) is 7.83. The minimum Gasteiger partial charge on any atom is -0.279 e. The Kier molecular flexibility index (Phi) is 4.44. The van der Waals surface area contributed by atoms with Gasteiger partial charge in [-0.1, -0.05) is 33.6 Å². The molecule has 2 rings (SSSR count). The first-order valence-corrected chi connectivity index (χ1v) is 8.85. The topological polar surface area (TPSA) is 46.2 Å². The predicted molar refractivity (Wildman–Crippen MR) is 90.3 cm³/mol. The molecule has 0 bridgehead atoms. The van der Waals surface area contributed by atoms with Crippen LogP contribution in [0.15, 0.2) is 39.7 Å². The number of hydrogen-bond donors (Lipinski definition) is 1. The van der Waals surface area contributed by atoms with Crippen LogP contribution < -0.4 is 4.72 Å². The second kappa shape index (κ2) is 5.81. The van der Waals surface area contributed by atoms with E-state index in [4.69, 9.17) is 0 Å². The molecule has 0 fully saturated rings. The van der Waals surface area contributed by atoms with Crippen molar-refractivity contribution in [1.82, 2.24) is 0 Å². The van der Waals surface area contributed by atoms with Crippen molar-refractivity contribution in [3.8, 4) is 0 Å². The van der Waals surface area contributed by atoms with Gasteiger partial charge in [0.1, 0.15) is 0 Å². The summed E-state index contributed by atoms with van der Waals surface area (Å²) in [6.45, 7) is 7.48. The van der Waals surface area contributed by atoms with E-state index in [1.165, 1.54) is 0 Å². The maximum absolute atomic E-state index is 12.7. The first-order valence-electron chi connectivity index (χ1n) is 6.57. The lowest BCUT2D eigenvalue weighted by atomic mass is 10.1. The molecule has 0 atom stereocenters. The maximum atomic E-state index is 12.7. The average Bonchev–Trinajstić information content (AvgIpc) is 2.30. The van der Waals surface area contributed by atoms with Crippen LogP contribution in [-0.4, -0.2) is 8.42 Å². The molecule has 0 amide bonds. The minimum atomic E-state index is -3.59. The number of benzene rings is 2. The largest absolute Gasteiger partial charge is 0.279 e. The average molecular weight is 368 g/mol. The van der Waals surface area contributed by atoms with E-state index in [9.17, 15) is 8.42 Å². The Morgan fingerprint density at radius 2 is 1.48 bits per heavy atom. The fourth-order valence-corrected chi connectivity index (χ4v) is 4.59. The van der Waals surface area contributed by atoms with Gasteiger partial charge >= 0.3 is 0 Å². The van der Waals surface area contributed by atoms with E-state index < -0.39 is 10.0 Å². The van der Waals surface area contributed by atoms with Crippen molar-refractivity contribution < 1.29 is 8.42 Å². The molecule has 3 nitrogen and oxygen atoms in total. The molecule has 0 aliphatic heterocycles. The summed E-state index contributed by atoms with van der Waals surface area (Å²) >= 11 is 3.37. The van der Waals surface area contributed by atoms with Gasteiger partial charge in [-0.2, -0.15) is 0 Å². The Morgan fingerprint density at radius 3 is 2.00 bits per heavy atom. The number of nitrogens with one attached hydrogen (secondary N) is 1. The Hall–Kier alpha value is -1.33. The zero-order valence-electron chi connectivity index (χ0n) is 12.5. The van der Waals surface area contributed by atoms with E-state index in [2.05, 4.69) is 20.7 Å². The summed E-state index contributed by atoms with van der Waals surface area (Å²) in [6, 6.07) is 9.23. The van der Waals surface area contributed by atoms with Crippen molar-refractivity contribution in [2.75, 3.05) is 4.72 Å². The summed E-state index contributed by atoms with van der Waals surface area (Å²) in [6.07, 6.45) is 0. The molecule has 0 aromatic heterocycles. The van der Waals surface area contributed by atoms with Gasteiger partial charge in [0.2, 0.25) is 0 Å². The normalized spacial score (nSPS) is 11.5. The van der Waals surface area contributed by atoms with Gasteiger partial charge in [-0.05, 0) is 62.6 Å². The lowest BCUT2D eigenvalue weighted by molar-refractivity contribution is 0.600. The van der Waals surface area contributed by atoms with Crippen LogP contribution in [0.5, 0.6) is 0 Å². The van der Waals surface area contributed by atoms with Crippen LogP contribution in [0, 0.1) is 27.7 Å². The molecular formula is C16H18BrNO2S. The van der Waals surface area contributed by atoms with Gasteiger partial charge in [0.25, 0.3) is 10.0 Å². The highest BCUT2D eigenvalue weighted by Gasteiger charge is 2.20. The Balaban J connectivity index is 2.48. The fourth-order valence-electron chi connectivity index (χ4n) is 2.53. The molecular weight excluding hydrogens is 350 g/mol. The molecule has 0 spiro atoms. The highest BCUT2D eigenvalue weighted by Crippen LogP contribution is 2.26. The van der Waals surface area contributed by atoms with E-state index in [0.29, 0.717) is 10.6 Å².